The number of aliphatic carboxylic acids is 2. The second kappa shape index (κ2) is 8.36. The van der Waals surface area contributed by atoms with Crippen molar-refractivity contribution in [3.63, 3.8) is 0 Å². The second-order valence-corrected chi connectivity index (χ2v) is 4.47. The summed E-state index contributed by atoms with van der Waals surface area (Å²) >= 11 is 0. The third kappa shape index (κ3) is 5.13. The van der Waals surface area contributed by atoms with Crippen molar-refractivity contribution in [2.75, 3.05) is 13.2 Å². The van der Waals surface area contributed by atoms with Gasteiger partial charge in [-0.1, -0.05) is 0 Å². The van der Waals surface area contributed by atoms with Crippen LogP contribution in [0.4, 0.5) is 0 Å². The van der Waals surface area contributed by atoms with Crippen LogP contribution in [0.5, 0.6) is 0 Å². The van der Waals surface area contributed by atoms with Crippen LogP contribution < -0.4 is 40.0 Å². The number of aliphatic hydroxyl groups excluding tert-OH is 3. The topological polar surface area (TPSA) is 180 Å². The number of hydrogen-bond donors (Lipinski definition) is 6. The van der Waals surface area contributed by atoms with Crippen LogP contribution in [0.2, 0.25) is 0 Å². The molecule has 1 saturated heterocycles. The molecule has 10 nitrogen and oxygen atoms in total. The number of carbonyl (C=O) groups is 2. The summed E-state index contributed by atoms with van der Waals surface area (Å²) in [6.07, 6.45) is -5.44. The molecular formula is C10H16NNaO9. The van der Waals surface area contributed by atoms with Crippen molar-refractivity contribution in [2.45, 2.75) is 36.6 Å². The summed E-state index contributed by atoms with van der Waals surface area (Å²) < 4.78 is 4.84. The number of ether oxygens (including phenoxy) is 1. The number of nitrogens with one attached hydrogen (secondary N) is 1. The molecule has 0 spiro atoms. The number of carboxylic acid groups (broad SMARTS) is 2. The molecule has 116 valence electrons. The van der Waals surface area contributed by atoms with Crippen molar-refractivity contribution in [1.29, 1.82) is 0 Å². The van der Waals surface area contributed by atoms with Crippen molar-refractivity contribution < 1.29 is 74.5 Å². The molecule has 1 aliphatic rings. The van der Waals surface area contributed by atoms with Crippen LogP contribution in [-0.4, -0.2) is 80.8 Å². The maximum absolute atomic E-state index is 10.8. The quantitative estimate of drug-likeness (QED) is 0.247. The maximum atomic E-state index is 10.8. The molecule has 21 heavy (non-hydrogen) atoms. The average molecular weight is 317 g/mol. The largest absolute Gasteiger partial charge is 1.00 e. The van der Waals surface area contributed by atoms with Gasteiger partial charge in [0.15, 0.2) is 0 Å². The van der Waals surface area contributed by atoms with Crippen LogP contribution in [-0.2, 0) is 14.3 Å². The van der Waals surface area contributed by atoms with E-state index < -0.39 is 61.7 Å². The normalized spacial score (nSPS) is 33.2. The second-order valence-electron chi connectivity index (χ2n) is 4.47. The average Bonchev–Trinajstić information content (AvgIpc) is 2.58. The number of hydrogen-bond acceptors (Lipinski definition) is 9. The van der Waals surface area contributed by atoms with Gasteiger partial charge in [0.05, 0.1) is 13.2 Å². The van der Waals surface area contributed by atoms with Crippen LogP contribution in [0.1, 0.15) is 6.42 Å². The van der Waals surface area contributed by atoms with E-state index in [2.05, 4.69) is 5.32 Å². The van der Waals surface area contributed by atoms with E-state index in [4.69, 9.17) is 14.9 Å². The first-order chi connectivity index (χ1) is 9.21. The van der Waals surface area contributed by atoms with Gasteiger partial charge in [-0.05, 0) is 0 Å². The van der Waals surface area contributed by atoms with E-state index in [0.29, 0.717) is 0 Å². The Morgan fingerprint density at radius 1 is 1.38 bits per heavy atom. The SMILES string of the molecule is O=C([O-])CC(NCC1(O)OC(CO)C(O)C1O)C(=O)O.[Na+]. The molecule has 0 aromatic heterocycles. The van der Waals surface area contributed by atoms with Crippen LogP contribution in [0.25, 0.3) is 0 Å². The molecule has 1 aliphatic heterocycles. The Morgan fingerprint density at radius 2 is 1.95 bits per heavy atom. The summed E-state index contributed by atoms with van der Waals surface area (Å²) in [6.45, 7) is -1.33. The number of rotatable bonds is 7. The molecule has 1 fully saturated rings. The Kier molecular flexibility index (Phi) is 8.24. The van der Waals surface area contributed by atoms with Gasteiger partial charge in [-0.2, -0.15) is 0 Å². The van der Waals surface area contributed by atoms with E-state index in [-0.39, 0.29) is 29.6 Å². The zero-order valence-corrected chi connectivity index (χ0v) is 13.3. The van der Waals surface area contributed by atoms with Gasteiger partial charge < -0.3 is 40.2 Å². The fourth-order valence-corrected chi connectivity index (χ4v) is 1.85. The van der Waals surface area contributed by atoms with Crippen molar-refractivity contribution in [3.05, 3.63) is 0 Å². The molecule has 0 saturated carbocycles. The monoisotopic (exact) mass is 317 g/mol. The predicted octanol–water partition coefficient (Wildman–Crippen LogP) is -8.03. The van der Waals surface area contributed by atoms with Gasteiger partial charge in [0, 0.05) is 12.4 Å². The van der Waals surface area contributed by atoms with Crippen LogP contribution in [0, 0.1) is 0 Å². The molecular weight excluding hydrogens is 301 g/mol. The van der Waals surface area contributed by atoms with Gasteiger partial charge >= 0.3 is 35.5 Å². The summed E-state index contributed by atoms with van der Waals surface area (Å²) in [6, 6.07) is -1.56. The molecule has 5 atom stereocenters. The molecule has 0 bridgehead atoms. The van der Waals surface area contributed by atoms with Crippen molar-refractivity contribution in [3.8, 4) is 0 Å². The summed E-state index contributed by atoms with van der Waals surface area (Å²) in [5.74, 6) is -5.45. The van der Waals surface area contributed by atoms with E-state index in [0.717, 1.165) is 0 Å². The molecule has 1 rings (SSSR count). The Labute approximate surface area is 141 Å². The molecule has 0 radical (unpaired) electrons. The third-order valence-corrected chi connectivity index (χ3v) is 2.97. The van der Waals surface area contributed by atoms with Crippen LogP contribution in [0.15, 0.2) is 0 Å². The Balaban J connectivity index is 0.00000400. The van der Waals surface area contributed by atoms with E-state index in [1.165, 1.54) is 0 Å². The fourth-order valence-electron chi connectivity index (χ4n) is 1.85. The van der Waals surface area contributed by atoms with Crippen molar-refractivity contribution in [2.24, 2.45) is 0 Å². The van der Waals surface area contributed by atoms with Gasteiger partial charge in [-0.3, -0.25) is 10.1 Å². The first-order valence-corrected chi connectivity index (χ1v) is 5.74. The molecule has 11 heteroatoms. The summed E-state index contributed by atoms with van der Waals surface area (Å²) in [4.78, 5) is 21.2. The van der Waals surface area contributed by atoms with E-state index in [1.54, 1.807) is 0 Å². The predicted molar refractivity (Wildman–Crippen MR) is 58.0 cm³/mol. The zero-order valence-electron chi connectivity index (χ0n) is 11.3. The molecule has 0 aliphatic carbocycles. The van der Waals surface area contributed by atoms with Gasteiger partial charge in [0.1, 0.15) is 24.4 Å². The third-order valence-electron chi connectivity index (χ3n) is 2.97. The first-order valence-electron chi connectivity index (χ1n) is 5.74. The Bertz CT molecular complexity index is 382. The van der Waals surface area contributed by atoms with Gasteiger partial charge in [-0.15, -0.1) is 0 Å². The van der Waals surface area contributed by atoms with Crippen molar-refractivity contribution >= 4 is 11.9 Å². The van der Waals surface area contributed by atoms with Crippen LogP contribution >= 0.6 is 0 Å². The zero-order chi connectivity index (χ0) is 15.5. The number of carbonyl (C=O) groups excluding carboxylic acids is 1. The number of carboxylic acids is 2. The molecule has 6 N–H and O–H groups in total. The number of aliphatic hydroxyl groups is 4. The minimum atomic E-state index is -2.34. The summed E-state index contributed by atoms with van der Waals surface area (Å²) in [5.41, 5.74) is 0. The smallest absolute Gasteiger partial charge is 0.550 e. The van der Waals surface area contributed by atoms with E-state index >= 15 is 0 Å². The van der Waals surface area contributed by atoms with Gasteiger partial charge in [0.2, 0.25) is 5.79 Å². The minimum absolute atomic E-state index is 0. The Morgan fingerprint density at radius 3 is 2.33 bits per heavy atom. The summed E-state index contributed by atoms with van der Waals surface area (Å²) in [7, 11) is 0. The van der Waals surface area contributed by atoms with E-state index in [9.17, 15) is 30.0 Å². The fraction of sp³-hybridized carbons (Fsp3) is 0.800. The van der Waals surface area contributed by atoms with Crippen LogP contribution in [0.3, 0.4) is 0 Å². The standard InChI is InChI=1S/C10H17NO9.Na/c12-2-5-7(15)8(16)10(19,20-5)3-11-4(9(17)18)1-6(13)14;/h4-5,7-8,11-12,15-16,19H,1-3H2,(H,13,14)(H,17,18);/q;+1/p-1. The van der Waals surface area contributed by atoms with Gasteiger partial charge in [0.25, 0.3) is 0 Å². The Hall–Kier alpha value is -0.300. The molecule has 5 unspecified atom stereocenters. The molecule has 0 aromatic rings. The molecule has 1 heterocycles. The van der Waals surface area contributed by atoms with E-state index in [1.807, 2.05) is 0 Å². The summed E-state index contributed by atoms with van der Waals surface area (Å²) in [5, 5.41) is 59.2. The molecule has 0 amide bonds. The van der Waals surface area contributed by atoms with Crippen molar-refractivity contribution in [1.82, 2.24) is 5.32 Å². The van der Waals surface area contributed by atoms with Gasteiger partial charge in [-0.25, -0.2) is 0 Å². The minimum Gasteiger partial charge on any atom is -0.550 e. The molecule has 0 aromatic carbocycles. The maximum Gasteiger partial charge on any atom is 1.00 e. The first kappa shape index (κ1) is 20.7.